The van der Waals surface area contributed by atoms with E-state index in [2.05, 4.69) is 43.4 Å². The van der Waals surface area contributed by atoms with Crippen molar-refractivity contribution in [1.82, 2.24) is 5.32 Å². The van der Waals surface area contributed by atoms with Gasteiger partial charge < -0.3 is 5.32 Å². The van der Waals surface area contributed by atoms with E-state index in [4.69, 9.17) is 11.6 Å². The van der Waals surface area contributed by atoms with E-state index in [1.165, 1.54) is 16.7 Å². The molecule has 1 unspecified atom stereocenters. The standard InChI is InChI=1S/C17H20ClN/c1-12-8-13(2)10-14(9-12)11-17(19-3)15-6-4-5-7-16(15)18/h4-10,17,19H,11H2,1-3H3. The molecule has 1 N–H and O–H groups in total. The lowest BCUT2D eigenvalue weighted by Gasteiger charge is -2.18. The van der Waals surface area contributed by atoms with E-state index in [0.717, 1.165) is 17.0 Å². The molecule has 2 aromatic rings. The molecule has 1 atom stereocenters. The zero-order valence-corrected chi connectivity index (χ0v) is 12.5. The van der Waals surface area contributed by atoms with Crippen molar-refractivity contribution in [2.75, 3.05) is 7.05 Å². The van der Waals surface area contributed by atoms with Crippen LogP contribution in [0.1, 0.15) is 28.3 Å². The average molecular weight is 274 g/mol. The van der Waals surface area contributed by atoms with Gasteiger partial charge in [0.25, 0.3) is 0 Å². The molecule has 0 aliphatic rings. The summed E-state index contributed by atoms with van der Waals surface area (Å²) in [7, 11) is 1.98. The van der Waals surface area contributed by atoms with Crippen LogP contribution in [-0.4, -0.2) is 7.05 Å². The maximum absolute atomic E-state index is 6.29. The van der Waals surface area contributed by atoms with Gasteiger partial charge in [0, 0.05) is 11.1 Å². The lowest BCUT2D eigenvalue weighted by atomic mass is 9.96. The number of hydrogen-bond donors (Lipinski definition) is 1. The Labute approximate surface area is 120 Å². The van der Waals surface area contributed by atoms with Crippen LogP contribution in [-0.2, 0) is 6.42 Å². The zero-order chi connectivity index (χ0) is 13.8. The predicted octanol–water partition coefficient (Wildman–Crippen LogP) is 4.46. The average Bonchev–Trinajstić information content (AvgIpc) is 2.36. The van der Waals surface area contributed by atoms with E-state index in [0.29, 0.717) is 0 Å². The molecule has 0 heterocycles. The number of nitrogens with one attached hydrogen (secondary N) is 1. The summed E-state index contributed by atoms with van der Waals surface area (Å²) in [6.45, 7) is 4.28. The number of aryl methyl sites for hydroxylation is 2. The van der Waals surface area contributed by atoms with Crippen LogP contribution in [0.25, 0.3) is 0 Å². The van der Waals surface area contributed by atoms with Crippen molar-refractivity contribution in [3.8, 4) is 0 Å². The van der Waals surface area contributed by atoms with Crippen molar-refractivity contribution in [2.24, 2.45) is 0 Å². The maximum Gasteiger partial charge on any atom is 0.0453 e. The fourth-order valence-electron chi connectivity index (χ4n) is 2.55. The smallest absolute Gasteiger partial charge is 0.0453 e. The quantitative estimate of drug-likeness (QED) is 0.867. The molecule has 0 bridgehead atoms. The van der Waals surface area contributed by atoms with Crippen LogP contribution in [0.5, 0.6) is 0 Å². The molecule has 0 saturated heterocycles. The van der Waals surface area contributed by atoms with Crippen molar-refractivity contribution >= 4 is 11.6 Å². The Morgan fingerprint density at radius 2 is 1.68 bits per heavy atom. The summed E-state index contributed by atoms with van der Waals surface area (Å²) < 4.78 is 0. The topological polar surface area (TPSA) is 12.0 Å². The first-order valence-corrected chi connectivity index (χ1v) is 6.97. The van der Waals surface area contributed by atoms with Gasteiger partial charge in [-0.15, -0.1) is 0 Å². The Kier molecular flexibility index (Phi) is 4.62. The summed E-state index contributed by atoms with van der Waals surface area (Å²) in [6.07, 6.45) is 0.947. The van der Waals surface area contributed by atoms with Crippen LogP contribution in [0.2, 0.25) is 5.02 Å². The summed E-state index contributed by atoms with van der Waals surface area (Å²) in [5.41, 5.74) is 5.12. The molecule has 0 spiro atoms. The van der Waals surface area contributed by atoms with Crippen LogP contribution in [0.3, 0.4) is 0 Å². The molecule has 0 saturated carbocycles. The summed E-state index contributed by atoms with van der Waals surface area (Å²) in [4.78, 5) is 0. The number of benzene rings is 2. The molecule has 2 heteroatoms. The first-order chi connectivity index (χ1) is 9.10. The maximum atomic E-state index is 6.29. The first kappa shape index (κ1) is 14.1. The minimum atomic E-state index is 0.245. The highest BCUT2D eigenvalue weighted by Gasteiger charge is 2.13. The molecule has 0 aliphatic carbocycles. The van der Waals surface area contributed by atoms with Crippen LogP contribution in [0.15, 0.2) is 42.5 Å². The predicted molar refractivity (Wildman–Crippen MR) is 82.9 cm³/mol. The third-order valence-electron chi connectivity index (χ3n) is 3.35. The Morgan fingerprint density at radius 1 is 1.05 bits per heavy atom. The molecule has 0 fully saturated rings. The molecule has 0 aliphatic heterocycles. The van der Waals surface area contributed by atoms with Crippen molar-refractivity contribution in [1.29, 1.82) is 0 Å². The van der Waals surface area contributed by atoms with Crippen LogP contribution < -0.4 is 5.32 Å². The number of likely N-dealkylation sites (N-methyl/N-ethyl adjacent to an activating group) is 1. The van der Waals surface area contributed by atoms with E-state index >= 15 is 0 Å². The van der Waals surface area contributed by atoms with E-state index in [1.807, 2.05) is 25.2 Å². The SMILES string of the molecule is CNC(Cc1cc(C)cc(C)c1)c1ccccc1Cl. The number of hydrogen-bond acceptors (Lipinski definition) is 1. The van der Waals surface area contributed by atoms with Gasteiger partial charge >= 0.3 is 0 Å². The minimum absolute atomic E-state index is 0.245. The molecule has 0 amide bonds. The fraction of sp³-hybridized carbons (Fsp3) is 0.294. The van der Waals surface area contributed by atoms with Gasteiger partial charge in [0.1, 0.15) is 0 Å². The van der Waals surface area contributed by atoms with Crippen molar-refractivity contribution in [3.05, 3.63) is 69.7 Å². The fourth-order valence-corrected chi connectivity index (χ4v) is 2.82. The third kappa shape index (κ3) is 3.59. The Balaban J connectivity index is 2.26. The van der Waals surface area contributed by atoms with Gasteiger partial charge in [0.2, 0.25) is 0 Å². The third-order valence-corrected chi connectivity index (χ3v) is 3.69. The van der Waals surface area contributed by atoms with Gasteiger partial charge in [-0.05, 0) is 44.5 Å². The summed E-state index contributed by atoms with van der Waals surface area (Å²) in [5.74, 6) is 0. The largest absolute Gasteiger partial charge is 0.313 e. The number of rotatable bonds is 4. The highest BCUT2D eigenvalue weighted by Crippen LogP contribution is 2.25. The van der Waals surface area contributed by atoms with E-state index in [9.17, 15) is 0 Å². The Morgan fingerprint density at radius 3 is 2.26 bits per heavy atom. The van der Waals surface area contributed by atoms with Crippen LogP contribution in [0, 0.1) is 13.8 Å². The van der Waals surface area contributed by atoms with Crippen LogP contribution >= 0.6 is 11.6 Å². The monoisotopic (exact) mass is 273 g/mol. The Hall–Kier alpha value is -1.31. The highest BCUT2D eigenvalue weighted by molar-refractivity contribution is 6.31. The lowest BCUT2D eigenvalue weighted by molar-refractivity contribution is 0.592. The number of halogens is 1. The van der Waals surface area contributed by atoms with Crippen molar-refractivity contribution in [2.45, 2.75) is 26.3 Å². The summed E-state index contributed by atoms with van der Waals surface area (Å²) in [6, 6.07) is 15.0. The van der Waals surface area contributed by atoms with E-state index < -0.39 is 0 Å². The minimum Gasteiger partial charge on any atom is -0.313 e. The van der Waals surface area contributed by atoms with Crippen LogP contribution in [0.4, 0.5) is 0 Å². The Bertz CT molecular complexity index is 543. The van der Waals surface area contributed by atoms with Crippen molar-refractivity contribution < 1.29 is 0 Å². The molecule has 0 aromatic heterocycles. The van der Waals surface area contributed by atoms with Gasteiger partial charge in [-0.1, -0.05) is 59.1 Å². The van der Waals surface area contributed by atoms with Gasteiger partial charge in [-0.25, -0.2) is 0 Å². The zero-order valence-electron chi connectivity index (χ0n) is 11.7. The normalized spacial score (nSPS) is 12.4. The second-order valence-corrected chi connectivity index (χ2v) is 5.47. The molecule has 0 radical (unpaired) electrons. The molecule has 2 rings (SSSR count). The second kappa shape index (κ2) is 6.23. The van der Waals surface area contributed by atoms with Crippen molar-refractivity contribution in [3.63, 3.8) is 0 Å². The van der Waals surface area contributed by atoms with Gasteiger partial charge in [0.05, 0.1) is 0 Å². The molecule has 100 valence electrons. The highest BCUT2D eigenvalue weighted by atomic mass is 35.5. The second-order valence-electron chi connectivity index (χ2n) is 5.06. The molecule has 2 aromatic carbocycles. The van der Waals surface area contributed by atoms with Gasteiger partial charge in [0.15, 0.2) is 0 Å². The first-order valence-electron chi connectivity index (χ1n) is 6.59. The molecule has 1 nitrogen and oxygen atoms in total. The summed E-state index contributed by atoms with van der Waals surface area (Å²) in [5, 5.41) is 4.19. The molecular weight excluding hydrogens is 254 g/mol. The molecule has 19 heavy (non-hydrogen) atoms. The molecular formula is C17H20ClN. The van der Waals surface area contributed by atoms with Gasteiger partial charge in [-0.2, -0.15) is 0 Å². The lowest BCUT2D eigenvalue weighted by Crippen LogP contribution is -2.19. The van der Waals surface area contributed by atoms with E-state index in [-0.39, 0.29) is 6.04 Å². The summed E-state index contributed by atoms with van der Waals surface area (Å²) >= 11 is 6.29. The van der Waals surface area contributed by atoms with E-state index in [1.54, 1.807) is 0 Å². The van der Waals surface area contributed by atoms with Gasteiger partial charge in [-0.3, -0.25) is 0 Å².